The summed E-state index contributed by atoms with van der Waals surface area (Å²) in [4.78, 5) is 13.4. The van der Waals surface area contributed by atoms with Crippen LogP contribution in [0.5, 0.6) is 0 Å². The van der Waals surface area contributed by atoms with Gasteiger partial charge in [0.1, 0.15) is 5.82 Å². The van der Waals surface area contributed by atoms with Gasteiger partial charge < -0.3 is 15.1 Å². The van der Waals surface area contributed by atoms with Gasteiger partial charge in [0.05, 0.1) is 5.56 Å². The zero-order valence-corrected chi connectivity index (χ0v) is 18.2. The number of hydrogen-bond donors (Lipinski definition) is 1. The predicted molar refractivity (Wildman–Crippen MR) is 121 cm³/mol. The Morgan fingerprint density at radius 2 is 1.84 bits per heavy atom. The Hall–Kier alpha value is -3.03. The summed E-state index contributed by atoms with van der Waals surface area (Å²) in [6.45, 7) is 5.99. The van der Waals surface area contributed by atoms with E-state index < -0.39 is 11.7 Å². The highest BCUT2D eigenvalue weighted by molar-refractivity contribution is 5.55. The van der Waals surface area contributed by atoms with E-state index in [1.54, 1.807) is 6.20 Å². The number of halogens is 3. The van der Waals surface area contributed by atoms with Crippen LogP contribution in [0.2, 0.25) is 0 Å². The lowest BCUT2D eigenvalue weighted by Crippen LogP contribution is -2.43. The molecule has 0 amide bonds. The summed E-state index contributed by atoms with van der Waals surface area (Å²) in [5.74, 6) is 1.14. The third-order valence-electron chi connectivity index (χ3n) is 6.34. The van der Waals surface area contributed by atoms with Crippen LogP contribution >= 0.6 is 0 Å². The molecule has 5 nitrogen and oxygen atoms in total. The Kier molecular flexibility index (Phi) is 6.39. The van der Waals surface area contributed by atoms with Gasteiger partial charge in [0.25, 0.3) is 0 Å². The molecule has 0 atom stereocenters. The topological polar surface area (TPSA) is 44.3 Å². The van der Waals surface area contributed by atoms with Crippen LogP contribution in [0, 0.1) is 0 Å². The van der Waals surface area contributed by atoms with Gasteiger partial charge in [-0.3, -0.25) is 0 Å². The van der Waals surface area contributed by atoms with E-state index >= 15 is 0 Å². The van der Waals surface area contributed by atoms with Crippen molar-refractivity contribution in [3.05, 3.63) is 66.0 Å². The molecule has 1 saturated heterocycles. The third-order valence-corrected chi connectivity index (χ3v) is 6.34. The number of anilines is 3. The number of alkyl halides is 3. The van der Waals surface area contributed by atoms with E-state index in [1.807, 2.05) is 19.2 Å². The van der Waals surface area contributed by atoms with Gasteiger partial charge in [0.2, 0.25) is 5.95 Å². The molecule has 0 unspecified atom stereocenters. The normalized spacial score (nSPS) is 17.0. The first kappa shape index (κ1) is 22.2. The number of rotatable bonds is 6. The zero-order valence-electron chi connectivity index (χ0n) is 18.2. The van der Waals surface area contributed by atoms with E-state index in [9.17, 15) is 13.2 Å². The molecule has 1 aromatic carbocycles. The number of nitrogens with one attached hydrogen (secondary N) is 1. The quantitative estimate of drug-likeness (QED) is 0.615. The molecule has 170 valence electrons. The van der Waals surface area contributed by atoms with Gasteiger partial charge in [-0.05, 0) is 74.1 Å². The van der Waals surface area contributed by atoms with E-state index in [4.69, 9.17) is 0 Å². The number of aromatic nitrogens is 2. The molecule has 0 spiro atoms. The van der Waals surface area contributed by atoms with Crippen LogP contribution in [0.3, 0.4) is 0 Å². The molecule has 1 aliphatic carbocycles. The van der Waals surface area contributed by atoms with E-state index in [2.05, 4.69) is 31.7 Å². The second kappa shape index (κ2) is 9.22. The van der Waals surface area contributed by atoms with Crippen LogP contribution in [0.15, 0.2) is 60.5 Å². The number of hydrogen-bond acceptors (Lipinski definition) is 5. The largest absolute Gasteiger partial charge is 0.416 e. The molecule has 0 bridgehead atoms. The third kappa shape index (κ3) is 4.89. The molecule has 0 radical (unpaired) electrons. The lowest BCUT2D eigenvalue weighted by atomic mass is 9.89. The minimum atomic E-state index is -4.35. The molecule has 8 heteroatoms. The van der Waals surface area contributed by atoms with Crippen LogP contribution in [-0.2, 0) is 6.18 Å². The minimum Gasteiger partial charge on any atom is -0.371 e. The SMILES string of the molecule is C=CC(=C1CCC1)N1CCC(N(C)c2ccnc(Nc3ccc(C(F)(F)F)cc3)n2)CC1. The Balaban J connectivity index is 1.38. The standard InChI is InChI=1S/C24H28F3N5/c1-3-21(17-5-4-6-17)32-15-12-20(13-16-32)31(2)22-11-14-28-23(30-22)29-19-9-7-18(8-10-19)24(25,26)27/h3,7-11,14,20H,1,4-6,12-13,15-16H2,2H3,(H,28,29,30). The lowest BCUT2D eigenvalue weighted by Gasteiger charge is -2.40. The Morgan fingerprint density at radius 3 is 2.41 bits per heavy atom. The minimum absolute atomic E-state index is 0.357. The fourth-order valence-electron chi connectivity index (χ4n) is 4.27. The van der Waals surface area contributed by atoms with Gasteiger partial charge in [-0.2, -0.15) is 18.2 Å². The highest BCUT2D eigenvalue weighted by Crippen LogP contribution is 2.33. The van der Waals surface area contributed by atoms with Crippen LogP contribution in [0.1, 0.15) is 37.7 Å². The summed E-state index contributed by atoms with van der Waals surface area (Å²) in [5, 5.41) is 2.99. The van der Waals surface area contributed by atoms with E-state index in [-0.39, 0.29) is 0 Å². The first-order valence-electron chi connectivity index (χ1n) is 10.9. The maximum Gasteiger partial charge on any atom is 0.416 e. The number of benzene rings is 1. The van der Waals surface area contributed by atoms with Crippen LogP contribution in [-0.4, -0.2) is 41.0 Å². The molecule has 1 N–H and O–H groups in total. The summed E-state index contributed by atoms with van der Waals surface area (Å²) in [6, 6.07) is 7.07. The summed E-state index contributed by atoms with van der Waals surface area (Å²) in [5.41, 5.74) is 2.67. The molecule has 1 aromatic heterocycles. The average Bonchev–Trinajstić information content (AvgIpc) is 2.76. The van der Waals surface area contributed by atoms with Gasteiger partial charge in [-0.15, -0.1) is 0 Å². The van der Waals surface area contributed by atoms with E-state index in [1.165, 1.54) is 42.7 Å². The zero-order chi connectivity index (χ0) is 22.7. The van der Waals surface area contributed by atoms with Crippen molar-refractivity contribution in [2.45, 2.75) is 44.3 Å². The molecule has 1 aliphatic heterocycles. The maximum atomic E-state index is 12.8. The highest BCUT2D eigenvalue weighted by Gasteiger charge is 2.30. The second-order valence-corrected chi connectivity index (χ2v) is 8.31. The number of likely N-dealkylation sites (tertiary alicyclic amines) is 1. The van der Waals surface area contributed by atoms with Crippen molar-refractivity contribution in [1.82, 2.24) is 14.9 Å². The van der Waals surface area contributed by atoms with E-state index in [0.29, 0.717) is 17.7 Å². The second-order valence-electron chi connectivity index (χ2n) is 8.31. The summed E-state index contributed by atoms with van der Waals surface area (Å²) < 4.78 is 38.3. The highest BCUT2D eigenvalue weighted by atomic mass is 19.4. The van der Waals surface area contributed by atoms with Gasteiger partial charge in [0, 0.05) is 43.8 Å². The van der Waals surface area contributed by atoms with Crippen molar-refractivity contribution in [2.75, 3.05) is 30.4 Å². The van der Waals surface area contributed by atoms with Crippen LogP contribution in [0.25, 0.3) is 0 Å². The van der Waals surface area contributed by atoms with Gasteiger partial charge >= 0.3 is 6.18 Å². The summed E-state index contributed by atoms with van der Waals surface area (Å²) in [6.07, 6.45) is 5.02. The molecule has 4 rings (SSSR count). The molecule has 2 fully saturated rings. The fraction of sp³-hybridized carbons (Fsp3) is 0.417. The van der Waals surface area contributed by atoms with Gasteiger partial charge in [-0.1, -0.05) is 6.58 Å². The number of piperidine rings is 1. The summed E-state index contributed by atoms with van der Waals surface area (Å²) in [7, 11) is 2.03. The maximum absolute atomic E-state index is 12.8. The Bertz CT molecular complexity index is 970. The van der Waals surface area contributed by atoms with Crippen molar-refractivity contribution in [2.24, 2.45) is 0 Å². The van der Waals surface area contributed by atoms with Crippen molar-refractivity contribution >= 4 is 17.5 Å². The molecular formula is C24H28F3N5. The van der Waals surface area contributed by atoms with Crippen molar-refractivity contribution < 1.29 is 13.2 Å². The van der Waals surface area contributed by atoms with Crippen LogP contribution < -0.4 is 10.2 Å². The molecule has 2 heterocycles. The van der Waals surface area contributed by atoms with Gasteiger partial charge in [-0.25, -0.2) is 4.98 Å². The first-order valence-corrected chi connectivity index (χ1v) is 10.9. The predicted octanol–water partition coefficient (Wildman–Crippen LogP) is 5.76. The average molecular weight is 444 g/mol. The molecule has 2 aromatic rings. The van der Waals surface area contributed by atoms with Crippen molar-refractivity contribution in [3.63, 3.8) is 0 Å². The van der Waals surface area contributed by atoms with Crippen LogP contribution in [0.4, 0.5) is 30.6 Å². The number of allylic oxidation sites excluding steroid dienone is 2. The van der Waals surface area contributed by atoms with Gasteiger partial charge in [0.15, 0.2) is 0 Å². The Labute approximate surface area is 186 Å². The Morgan fingerprint density at radius 1 is 1.16 bits per heavy atom. The fourth-order valence-corrected chi connectivity index (χ4v) is 4.27. The molecule has 1 saturated carbocycles. The molecule has 32 heavy (non-hydrogen) atoms. The molecule has 2 aliphatic rings. The monoisotopic (exact) mass is 443 g/mol. The first-order chi connectivity index (χ1) is 15.3. The van der Waals surface area contributed by atoms with Crippen molar-refractivity contribution in [3.8, 4) is 0 Å². The smallest absolute Gasteiger partial charge is 0.371 e. The lowest BCUT2D eigenvalue weighted by molar-refractivity contribution is -0.137. The number of nitrogens with zero attached hydrogens (tertiary/aromatic N) is 4. The van der Waals surface area contributed by atoms with Crippen molar-refractivity contribution in [1.29, 1.82) is 0 Å². The molecular weight excluding hydrogens is 415 g/mol. The summed E-state index contributed by atoms with van der Waals surface area (Å²) >= 11 is 0. The van der Waals surface area contributed by atoms with E-state index in [0.717, 1.165) is 43.9 Å².